The lowest BCUT2D eigenvalue weighted by Gasteiger charge is -2.17. The Morgan fingerprint density at radius 3 is 2.83 bits per heavy atom. The predicted molar refractivity (Wildman–Crippen MR) is 86.2 cm³/mol. The summed E-state index contributed by atoms with van der Waals surface area (Å²) in [5, 5.41) is 3.79. The molecule has 0 aliphatic rings. The normalized spacial score (nSPS) is 11.0. The highest BCUT2D eigenvalue weighted by atomic mass is 16.5. The second kappa shape index (κ2) is 8.85. The molecule has 0 spiro atoms. The van der Waals surface area contributed by atoms with Crippen molar-refractivity contribution in [1.29, 1.82) is 0 Å². The molecule has 23 heavy (non-hydrogen) atoms. The Morgan fingerprint density at radius 2 is 2.13 bits per heavy atom. The number of hydrogen-bond acceptors (Lipinski definition) is 5. The molecule has 6 heteroatoms. The molecule has 0 saturated carbocycles. The molecule has 0 unspecified atom stereocenters. The minimum atomic E-state index is 0.0196. The number of amides is 1. The molecule has 0 bridgehead atoms. The van der Waals surface area contributed by atoms with Crippen LogP contribution in [0.2, 0.25) is 0 Å². The van der Waals surface area contributed by atoms with Gasteiger partial charge >= 0.3 is 0 Å². The molecule has 1 aromatic carbocycles. The summed E-state index contributed by atoms with van der Waals surface area (Å²) in [5.41, 5.74) is 1.07. The van der Waals surface area contributed by atoms with Crippen LogP contribution >= 0.6 is 0 Å². The molecule has 0 radical (unpaired) electrons. The van der Waals surface area contributed by atoms with Gasteiger partial charge in [0, 0.05) is 20.1 Å². The molecule has 6 nitrogen and oxygen atoms in total. The van der Waals surface area contributed by atoms with Crippen molar-refractivity contribution < 1.29 is 14.1 Å². The Labute approximate surface area is 135 Å². The topological polar surface area (TPSA) is 68.5 Å². The number of benzene rings is 1. The van der Waals surface area contributed by atoms with Gasteiger partial charge in [-0.15, -0.1) is 0 Å². The number of ether oxygens (including phenoxy) is 1. The lowest BCUT2D eigenvalue weighted by Crippen LogP contribution is -2.29. The highest BCUT2D eigenvalue weighted by molar-refractivity contribution is 5.78. The van der Waals surface area contributed by atoms with Gasteiger partial charge in [-0.05, 0) is 12.5 Å². The Bertz CT molecular complexity index is 638. The molecular formula is C17H21N3O3. The van der Waals surface area contributed by atoms with Gasteiger partial charge in [-0.2, -0.15) is 4.98 Å². The second-order valence-electron chi connectivity index (χ2n) is 4.96. The van der Waals surface area contributed by atoms with Crippen LogP contribution in [0.3, 0.4) is 0 Å². The SMILES string of the molecule is CCN(Cc1nc(COC)no1)C(=O)C/C=C/c1ccccc1. The van der Waals surface area contributed by atoms with Gasteiger partial charge in [-0.1, -0.05) is 47.6 Å². The first-order valence-corrected chi connectivity index (χ1v) is 7.52. The molecule has 1 heterocycles. The molecule has 0 aliphatic heterocycles. The number of carbonyl (C=O) groups is 1. The lowest BCUT2D eigenvalue weighted by molar-refractivity contribution is -0.131. The van der Waals surface area contributed by atoms with Gasteiger partial charge in [0.25, 0.3) is 0 Å². The van der Waals surface area contributed by atoms with Crippen molar-refractivity contribution >= 4 is 12.0 Å². The van der Waals surface area contributed by atoms with Crippen LogP contribution in [0.4, 0.5) is 0 Å². The maximum absolute atomic E-state index is 12.3. The van der Waals surface area contributed by atoms with Crippen molar-refractivity contribution in [2.24, 2.45) is 0 Å². The molecule has 0 aliphatic carbocycles. The van der Waals surface area contributed by atoms with E-state index in [1.54, 1.807) is 12.0 Å². The zero-order valence-corrected chi connectivity index (χ0v) is 13.4. The van der Waals surface area contributed by atoms with E-state index in [0.29, 0.717) is 37.8 Å². The quantitative estimate of drug-likeness (QED) is 0.749. The fourth-order valence-electron chi connectivity index (χ4n) is 2.07. The van der Waals surface area contributed by atoms with E-state index in [1.807, 2.05) is 49.4 Å². The largest absolute Gasteiger partial charge is 0.377 e. The van der Waals surface area contributed by atoms with Crippen molar-refractivity contribution in [1.82, 2.24) is 15.0 Å². The first-order valence-electron chi connectivity index (χ1n) is 7.52. The van der Waals surface area contributed by atoms with E-state index in [1.165, 1.54) is 0 Å². The molecule has 2 aromatic rings. The number of rotatable bonds is 8. The molecule has 0 saturated heterocycles. The summed E-state index contributed by atoms with van der Waals surface area (Å²) >= 11 is 0. The predicted octanol–water partition coefficient (Wildman–Crippen LogP) is 2.67. The van der Waals surface area contributed by atoms with E-state index < -0.39 is 0 Å². The summed E-state index contributed by atoms with van der Waals surface area (Å²) in [7, 11) is 1.57. The molecule has 0 N–H and O–H groups in total. The third-order valence-electron chi connectivity index (χ3n) is 3.25. The highest BCUT2D eigenvalue weighted by Gasteiger charge is 2.15. The maximum Gasteiger partial charge on any atom is 0.246 e. The number of aromatic nitrogens is 2. The van der Waals surface area contributed by atoms with Crippen molar-refractivity contribution in [2.45, 2.75) is 26.5 Å². The lowest BCUT2D eigenvalue weighted by atomic mass is 10.2. The van der Waals surface area contributed by atoms with Gasteiger partial charge in [-0.25, -0.2) is 0 Å². The van der Waals surface area contributed by atoms with Gasteiger partial charge in [-0.3, -0.25) is 4.79 Å². The van der Waals surface area contributed by atoms with Crippen LogP contribution in [0.15, 0.2) is 40.9 Å². The first-order chi connectivity index (χ1) is 11.2. The van der Waals surface area contributed by atoms with E-state index >= 15 is 0 Å². The molecular weight excluding hydrogens is 294 g/mol. The standard InChI is InChI=1S/C17H21N3O3/c1-3-20(12-16-18-15(13-22-2)19-23-16)17(21)11-7-10-14-8-5-4-6-9-14/h4-10H,3,11-13H2,1-2H3/b10-7+. The second-order valence-corrected chi connectivity index (χ2v) is 4.96. The minimum absolute atomic E-state index is 0.0196. The first kappa shape index (κ1) is 16.9. The average Bonchev–Trinajstić information content (AvgIpc) is 3.01. The minimum Gasteiger partial charge on any atom is -0.377 e. The molecule has 0 fully saturated rings. The molecule has 0 atom stereocenters. The summed E-state index contributed by atoms with van der Waals surface area (Å²) in [5.74, 6) is 0.917. The van der Waals surface area contributed by atoms with Gasteiger partial charge < -0.3 is 14.2 Å². The summed E-state index contributed by atoms with van der Waals surface area (Å²) in [6, 6.07) is 9.88. The number of methoxy groups -OCH3 is 1. The van der Waals surface area contributed by atoms with Crippen LogP contribution in [-0.2, 0) is 22.7 Å². The Kier molecular flexibility index (Phi) is 6.50. The maximum atomic E-state index is 12.3. The fourth-order valence-corrected chi connectivity index (χ4v) is 2.07. The van der Waals surface area contributed by atoms with Crippen molar-refractivity contribution in [3.63, 3.8) is 0 Å². The van der Waals surface area contributed by atoms with Gasteiger partial charge in [0.2, 0.25) is 11.8 Å². The van der Waals surface area contributed by atoms with E-state index in [2.05, 4.69) is 10.1 Å². The molecule has 2 rings (SSSR count). The van der Waals surface area contributed by atoms with Crippen molar-refractivity contribution in [3.05, 3.63) is 53.7 Å². The van der Waals surface area contributed by atoms with E-state index in [4.69, 9.17) is 9.26 Å². The van der Waals surface area contributed by atoms with Gasteiger partial charge in [0.05, 0.1) is 6.54 Å². The Morgan fingerprint density at radius 1 is 1.35 bits per heavy atom. The summed E-state index contributed by atoms with van der Waals surface area (Å²) in [4.78, 5) is 18.1. The summed E-state index contributed by atoms with van der Waals surface area (Å²) in [6.07, 6.45) is 4.14. The van der Waals surface area contributed by atoms with Crippen molar-refractivity contribution in [2.75, 3.05) is 13.7 Å². The number of hydrogen-bond donors (Lipinski definition) is 0. The van der Waals surface area contributed by atoms with Gasteiger partial charge in [0.1, 0.15) is 6.61 Å². The third kappa shape index (κ3) is 5.34. The molecule has 1 aromatic heterocycles. The van der Waals surface area contributed by atoms with Crippen molar-refractivity contribution in [3.8, 4) is 0 Å². The Hall–Kier alpha value is -2.47. The smallest absolute Gasteiger partial charge is 0.246 e. The van der Waals surface area contributed by atoms with Crippen LogP contribution in [0, 0.1) is 0 Å². The zero-order chi connectivity index (χ0) is 16.5. The average molecular weight is 315 g/mol. The number of nitrogens with zero attached hydrogens (tertiary/aromatic N) is 3. The summed E-state index contributed by atoms with van der Waals surface area (Å²) in [6.45, 7) is 3.11. The summed E-state index contributed by atoms with van der Waals surface area (Å²) < 4.78 is 10.1. The van der Waals surface area contributed by atoms with E-state index in [0.717, 1.165) is 5.56 Å². The number of carbonyl (C=O) groups excluding carboxylic acids is 1. The van der Waals surface area contributed by atoms with E-state index in [9.17, 15) is 4.79 Å². The Balaban J connectivity index is 1.88. The molecule has 1 amide bonds. The zero-order valence-electron chi connectivity index (χ0n) is 13.4. The van der Waals surface area contributed by atoms with E-state index in [-0.39, 0.29) is 5.91 Å². The van der Waals surface area contributed by atoms with Crippen LogP contribution in [0.5, 0.6) is 0 Å². The third-order valence-corrected chi connectivity index (χ3v) is 3.25. The van der Waals surface area contributed by atoms with Gasteiger partial charge in [0.15, 0.2) is 5.82 Å². The van der Waals surface area contributed by atoms with Crippen LogP contribution in [0.25, 0.3) is 6.08 Å². The van der Waals surface area contributed by atoms with Crippen LogP contribution in [0.1, 0.15) is 30.6 Å². The molecule has 122 valence electrons. The fraction of sp³-hybridized carbons (Fsp3) is 0.353. The monoisotopic (exact) mass is 315 g/mol. The van der Waals surface area contributed by atoms with Crippen LogP contribution in [-0.4, -0.2) is 34.6 Å². The van der Waals surface area contributed by atoms with Crippen LogP contribution < -0.4 is 0 Å². The highest BCUT2D eigenvalue weighted by Crippen LogP contribution is 2.07.